The maximum absolute atomic E-state index is 13.3. The molecule has 1 aromatic carbocycles. The lowest BCUT2D eigenvalue weighted by molar-refractivity contribution is -0.137. The van der Waals surface area contributed by atoms with Crippen molar-refractivity contribution in [3.05, 3.63) is 28.8 Å². The number of nitrogens with one attached hydrogen (secondary N) is 1. The van der Waals surface area contributed by atoms with E-state index in [9.17, 15) is 13.2 Å². The highest BCUT2D eigenvalue weighted by Gasteiger charge is 2.32. The summed E-state index contributed by atoms with van der Waals surface area (Å²) in [5, 5.41) is 3.13. The van der Waals surface area contributed by atoms with Gasteiger partial charge in [-0.3, -0.25) is 4.99 Å². The Morgan fingerprint density at radius 2 is 1.88 bits per heavy atom. The van der Waals surface area contributed by atoms with Crippen molar-refractivity contribution in [2.45, 2.75) is 45.9 Å². The van der Waals surface area contributed by atoms with Crippen LogP contribution in [0.15, 0.2) is 17.1 Å². The lowest BCUT2D eigenvalue weighted by Crippen LogP contribution is -2.15. The number of hydrogen-bond acceptors (Lipinski definition) is 3. The highest BCUT2D eigenvalue weighted by molar-refractivity contribution is 5.95. The van der Waals surface area contributed by atoms with Gasteiger partial charge in [0.2, 0.25) is 0 Å². The van der Waals surface area contributed by atoms with Crippen molar-refractivity contribution in [3.8, 4) is 0 Å². The van der Waals surface area contributed by atoms with E-state index in [1.807, 2.05) is 6.92 Å². The number of rotatable bonds is 9. The second kappa shape index (κ2) is 10.4. The van der Waals surface area contributed by atoms with Gasteiger partial charge < -0.3 is 14.8 Å². The van der Waals surface area contributed by atoms with E-state index < -0.39 is 11.7 Å². The fraction of sp³-hybridized carbons (Fsp3) is 0.611. The number of ether oxygens (including phenoxy) is 2. The highest BCUT2D eigenvalue weighted by Crippen LogP contribution is 2.35. The van der Waals surface area contributed by atoms with Gasteiger partial charge in [-0.15, -0.1) is 0 Å². The van der Waals surface area contributed by atoms with Crippen molar-refractivity contribution in [2.75, 3.05) is 32.7 Å². The van der Waals surface area contributed by atoms with Gasteiger partial charge in [0, 0.05) is 25.4 Å². The molecule has 25 heavy (non-hydrogen) atoms. The Bertz CT molecular complexity index is 572. The van der Waals surface area contributed by atoms with Crippen LogP contribution in [0.25, 0.3) is 0 Å². The number of anilines is 1. The van der Waals surface area contributed by atoms with E-state index in [1.165, 1.54) is 6.07 Å². The first kappa shape index (κ1) is 21.4. The summed E-state index contributed by atoms with van der Waals surface area (Å²) in [4.78, 5) is 4.05. The summed E-state index contributed by atoms with van der Waals surface area (Å²) in [5.41, 5.74) is 1.10. The van der Waals surface area contributed by atoms with Gasteiger partial charge in [-0.25, -0.2) is 0 Å². The summed E-state index contributed by atoms with van der Waals surface area (Å²) in [7, 11) is 3.18. The lowest BCUT2D eigenvalue weighted by Gasteiger charge is -2.20. The molecular formula is C18H27F3N2O2. The van der Waals surface area contributed by atoms with Crippen molar-refractivity contribution in [1.29, 1.82) is 0 Å². The van der Waals surface area contributed by atoms with E-state index in [-0.39, 0.29) is 6.61 Å². The monoisotopic (exact) mass is 360 g/mol. The van der Waals surface area contributed by atoms with Crippen LogP contribution in [0.5, 0.6) is 0 Å². The molecule has 7 heteroatoms. The SMILES string of the molecule is CCCCc1cc(C(F)(F)F)cc(COCCOC)c1NC(C)=NC. The standard InChI is InChI=1S/C18H27F3N2O2/c1-5-6-7-14-10-16(18(19,20)21)11-15(12-25-9-8-24-4)17(14)23-13(2)22-3/h10-11H,5-9,12H2,1-4H3,(H,22,23). The van der Waals surface area contributed by atoms with Crippen LogP contribution in [0.2, 0.25) is 0 Å². The Kier molecular flexibility index (Phi) is 8.92. The van der Waals surface area contributed by atoms with Crippen LogP contribution in [-0.2, 0) is 28.7 Å². The first-order valence-corrected chi connectivity index (χ1v) is 8.33. The van der Waals surface area contributed by atoms with Crippen molar-refractivity contribution in [1.82, 2.24) is 0 Å². The summed E-state index contributed by atoms with van der Waals surface area (Å²) >= 11 is 0. The van der Waals surface area contributed by atoms with Crippen molar-refractivity contribution in [3.63, 3.8) is 0 Å². The zero-order valence-electron chi connectivity index (χ0n) is 15.3. The van der Waals surface area contributed by atoms with Crippen LogP contribution in [-0.4, -0.2) is 33.2 Å². The quantitative estimate of drug-likeness (QED) is 0.395. The predicted molar refractivity (Wildman–Crippen MR) is 94.2 cm³/mol. The molecular weight excluding hydrogens is 333 g/mol. The number of methoxy groups -OCH3 is 1. The van der Waals surface area contributed by atoms with Crippen molar-refractivity contribution >= 4 is 11.5 Å². The van der Waals surface area contributed by atoms with Crippen LogP contribution in [0.4, 0.5) is 18.9 Å². The Morgan fingerprint density at radius 3 is 2.44 bits per heavy atom. The van der Waals surface area contributed by atoms with E-state index in [2.05, 4.69) is 10.3 Å². The van der Waals surface area contributed by atoms with E-state index in [0.717, 1.165) is 18.9 Å². The third kappa shape index (κ3) is 7.04. The molecule has 0 aliphatic heterocycles. The number of benzene rings is 1. The first-order chi connectivity index (χ1) is 11.8. The van der Waals surface area contributed by atoms with E-state index >= 15 is 0 Å². The Labute approximate surface area is 147 Å². The Morgan fingerprint density at radius 1 is 1.20 bits per heavy atom. The van der Waals surface area contributed by atoms with Crippen molar-refractivity contribution < 1.29 is 22.6 Å². The molecule has 0 saturated carbocycles. The summed E-state index contributed by atoms with van der Waals surface area (Å²) in [6.45, 7) is 4.56. The number of hydrogen-bond donors (Lipinski definition) is 1. The zero-order chi connectivity index (χ0) is 18.9. The third-order valence-electron chi connectivity index (χ3n) is 3.76. The maximum atomic E-state index is 13.3. The summed E-state index contributed by atoms with van der Waals surface area (Å²) in [5.74, 6) is 0.635. The average Bonchev–Trinajstić information content (AvgIpc) is 2.57. The number of unbranched alkanes of at least 4 members (excludes halogenated alkanes) is 1. The normalized spacial score (nSPS) is 12.5. The maximum Gasteiger partial charge on any atom is 0.416 e. The van der Waals surface area contributed by atoms with Gasteiger partial charge in [-0.2, -0.15) is 13.2 Å². The van der Waals surface area contributed by atoms with Gasteiger partial charge in [0.1, 0.15) is 0 Å². The molecule has 4 nitrogen and oxygen atoms in total. The summed E-state index contributed by atoms with van der Waals surface area (Å²) < 4.78 is 50.2. The third-order valence-corrected chi connectivity index (χ3v) is 3.76. The average molecular weight is 360 g/mol. The van der Waals surface area contributed by atoms with Crippen LogP contribution in [0.3, 0.4) is 0 Å². The molecule has 0 heterocycles. The number of amidine groups is 1. The van der Waals surface area contributed by atoms with E-state index in [4.69, 9.17) is 9.47 Å². The van der Waals surface area contributed by atoms with Crippen LogP contribution < -0.4 is 5.32 Å². The first-order valence-electron chi connectivity index (χ1n) is 8.33. The lowest BCUT2D eigenvalue weighted by atomic mass is 9.98. The fourth-order valence-electron chi connectivity index (χ4n) is 2.33. The molecule has 0 aliphatic carbocycles. The molecule has 1 aromatic rings. The number of aliphatic imine (C=N–C) groups is 1. The van der Waals surface area contributed by atoms with Gasteiger partial charge in [0.25, 0.3) is 0 Å². The van der Waals surface area contributed by atoms with Crippen molar-refractivity contribution in [2.24, 2.45) is 4.99 Å². The minimum atomic E-state index is -4.39. The van der Waals surface area contributed by atoms with E-state index in [0.29, 0.717) is 42.3 Å². The number of alkyl halides is 3. The second-order valence-electron chi connectivity index (χ2n) is 5.75. The molecule has 0 aromatic heterocycles. The second-order valence-corrected chi connectivity index (χ2v) is 5.75. The number of halogens is 3. The van der Waals surface area contributed by atoms with E-state index in [1.54, 1.807) is 21.1 Å². The molecule has 0 radical (unpaired) electrons. The minimum absolute atomic E-state index is 0.0751. The van der Waals surface area contributed by atoms with Gasteiger partial charge >= 0.3 is 6.18 Å². The Balaban J connectivity index is 3.27. The topological polar surface area (TPSA) is 42.9 Å². The predicted octanol–water partition coefficient (Wildman–Crippen LogP) is 4.67. The molecule has 0 atom stereocenters. The zero-order valence-corrected chi connectivity index (χ0v) is 15.3. The smallest absolute Gasteiger partial charge is 0.382 e. The number of nitrogens with zero attached hydrogens (tertiary/aromatic N) is 1. The molecule has 1 rings (SSSR count). The molecule has 0 spiro atoms. The minimum Gasteiger partial charge on any atom is -0.382 e. The largest absolute Gasteiger partial charge is 0.416 e. The molecule has 0 amide bonds. The van der Waals surface area contributed by atoms with Gasteiger partial charge in [-0.1, -0.05) is 13.3 Å². The molecule has 142 valence electrons. The van der Waals surface area contributed by atoms with Crippen LogP contribution >= 0.6 is 0 Å². The summed E-state index contributed by atoms with van der Waals surface area (Å²) in [6.07, 6.45) is -2.13. The van der Waals surface area contributed by atoms with Crippen LogP contribution in [0.1, 0.15) is 43.4 Å². The number of aryl methyl sites for hydroxylation is 1. The molecule has 1 N–H and O–H groups in total. The van der Waals surface area contributed by atoms with Gasteiger partial charge in [0.15, 0.2) is 0 Å². The molecule has 0 fully saturated rings. The van der Waals surface area contributed by atoms with Gasteiger partial charge in [0.05, 0.1) is 31.2 Å². The van der Waals surface area contributed by atoms with Gasteiger partial charge in [-0.05, 0) is 37.5 Å². The molecule has 0 unspecified atom stereocenters. The van der Waals surface area contributed by atoms with Crippen LogP contribution in [0, 0.1) is 0 Å². The molecule has 0 aliphatic rings. The summed E-state index contributed by atoms with van der Waals surface area (Å²) in [6, 6.07) is 2.37. The highest BCUT2D eigenvalue weighted by atomic mass is 19.4. The fourth-order valence-corrected chi connectivity index (χ4v) is 2.33. The molecule has 0 bridgehead atoms. The molecule has 0 saturated heterocycles. The Hall–Kier alpha value is -1.60.